The van der Waals surface area contributed by atoms with Crippen molar-refractivity contribution in [1.82, 2.24) is 0 Å². The van der Waals surface area contributed by atoms with Gasteiger partial charge in [-0.15, -0.1) is 0 Å². The second kappa shape index (κ2) is 6.28. The average Bonchev–Trinajstić information content (AvgIpc) is 2.37. The Morgan fingerprint density at radius 1 is 1.29 bits per heavy atom. The molecule has 1 aromatic carbocycles. The second-order valence-corrected chi connectivity index (χ2v) is 4.05. The molecule has 0 saturated carbocycles. The summed E-state index contributed by atoms with van der Waals surface area (Å²) in [6, 6.07) is 5.54. The normalized spacial score (nSPS) is 12.0. The van der Waals surface area contributed by atoms with Gasteiger partial charge in [0.25, 0.3) is 0 Å². The van der Waals surface area contributed by atoms with Crippen LogP contribution in [0.2, 0.25) is 0 Å². The predicted octanol–water partition coefficient (Wildman–Crippen LogP) is 3.18. The molecule has 3 heteroatoms. The number of carbonyl (C=O) groups is 1. The molecule has 0 heterocycles. The minimum absolute atomic E-state index is 0.153. The number of hydrogen-bond donors (Lipinski definition) is 0. The number of rotatable bonds is 6. The minimum atomic E-state index is -0.153. The molecule has 0 radical (unpaired) electrons. The highest BCUT2D eigenvalue weighted by Crippen LogP contribution is 2.31. The second-order valence-electron chi connectivity index (χ2n) is 4.05. The summed E-state index contributed by atoms with van der Waals surface area (Å²) in [6.07, 6.45) is 1.47. The third-order valence-corrected chi connectivity index (χ3v) is 2.88. The van der Waals surface area contributed by atoms with Gasteiger partial charge in [0.2, 0.25) is 0 Å². The first-order valence-electron chi connectivity index (χ1n) is 5.88. The Labute approximate surface area is 103 Å². The van der Waals surface area contributed by atoms with Crippen LogP contribution < -0.4 is 9.47 Å². The highest BCUT2D eigenvalue weighted by molar-refractivity contribution is 5.86. The summed E-state index contributed by atoms with van der Waals surface area (Å²) in [5, 5.41) is 0. The summed E-state index contributed by atoms with van der Waals surface area (Å²) >= 11 is 0. The van der Waals surface area contributed by atoms with Gasteiger partial charge in [0.05, 0.1) is 14.2 Å². The number of hydrogen-bond acceptors (Lipinski definition) is 3. The number of ether oxygens (including phenoxy) is 2. The first-order chi connectivity index (χ1) is 8.13. The van der Waals surface area contributed by atoms with Crippen LogP contribution in [0, 0.1) is 0 Å². The molecule has 94 valence electrons. The van der Waals surface area contributed by atoms with Gasteiger partial charge in [0.15, 0.2) is 0 Å². The molecule has 0 spiro atoms. The van der Waals surface area contributed by atoms with Crippen molar-refractivity contribution in [2.45, 2.75) is 32.6 Å². The number of methoxy groups -OCH3 is 2. The maximum absolute atomic E-state index is 11.9. The van der Waals surface area contributed by atoms with Crippen molar-refractivity contribution < 1.29 is 14.3 Å². The van der Waals surface area contributed by atoms with Crippen LogP contribution in [-0.4, -0.2) is 20.0 Å². The van der Waals surface area contributed by atoms with Gasteiger partial charge in [-0.25, -0.2) is 0 Å². The Bertz CT molecular complexity index is 385. The Kier molecular flexibility index (Phi) is 5.01. The van der Waals surface area contributed by atoms with E-state index in [2.05, 4.69) is 0 Å². The van der Waals surface area contributed by atoms with Crippen LogP contribution >= 0.6 is 0 Å². The smallest absolute Gasteiger partial charge is 0.140 e. The molecule has 1 unspecified atom stereocenters. The average molecular weight is 236 g/mol. The molecule has 0 fully saturated rings. The highest BCUT2D eigenvalue weighted by atomic mass is 16.5. The maximum atomic E-state index is 11.9. The van der Waals surface area contributed by atoms with Crippen LogP contribution in [0.4, 0.5) is 0 Å². The molecule has 1 aromatic rings. The molecule has 0 amide bonds. The van der Waals surface area contributed by atoms with Crippen LogP contribution in [0.3, 0.4) is 0 Å². The summed E-state index contributed by atoms with van der Waals surface area (Å²) in [5.74, 6) is 1.57. The van der Waals surface area contributed by atoms with Gasteiger partial charge in [0.1, 0.15) is 17.3 Å². The Morgan fingerprint density at radius 3 is 2.53 bits per heavy atom. The van der Waals surface area contributed by atoms with E-state index in [0.29, 0.717) is 6.42 Å². The third-order valence-electron chi connectivity index (χ3n) is 2.88. The molecule has 0 saturated heterocycles. The molecule has 0 bridgehead atoms. The third kappa shape index (κ3) is 3.22. The summed E-state index contributed by atoms with van der Waals surface area (Å²) in [5.41, 5.74) is 0.894. The molecule has 1 atom stereocenters. The van der Waals surface area contributed by atoms with E-state index >= 15 is 0 Å². The molecule has 3 nitrogen and oxygen atoms in total. The zero-order valence-corrected chi connectivity index (χ0v) is 10.9. The first kappa shape index (κ1) is 13.6. The van der Waals surface area contributed by atoms with Crippen molar-refractivity contribution >= 4 is 5.78 Å². The topological polar surface area (TPSA) is 35.5 Å². The molecule has 1 rings (SSSR count). The Hall–Kier alpha value is -1.51. The van der Waals surface area contributed by atoms with Crippen LogP contribution in [-0.2, 0) is 4.79 Å². The van der Waals surface area contributed by atoms with E-state index in [1.165, 1.54) is 0 Å². The fraction of sp³-hybridized carbons (Fsp3) is 0.500. The van der Waals surface area contributed by atoms with Gasteiger partial charge >= 0.3 is 0 Å². The highest BCUT2D eigenvalue weighted by Gasteiger charge is 2.18. The predicted molar refractivity (Wildman–Crippen MR) is 67.9 cm³/mol. The van der Waals surface area contributed by atoms with E-state index in [4.69, 9.17) is 9.47 Å². The van der Waals surface area contributed by atoms with Crippen LogP contribution in [0.25, 0.3) is 0 Å². The van der Waals surface area contributed by atoms with Gasteiger partial charge in [-0.3, -0.25) is 4.79 Å². The zero-order valence-electron chi connectivity index (χ0n) is 10.9. The lowest BCUT2D eigenvalue weighted by molar-refractivity contribution is -0.120. The standard InChI is InChI=1S/C14H20O3/c1-5-6-13(15)10(2)12-9-11(16-3)7-8-14(12)17-4/h7-10H,5-6H2,1-4H3. The Morgan fingerprint density at radius 2 is 2.00 bits per heavy atom. The SMILES string of the molecule is CCCC(=O)C(C)c1cc(OC)ccc1OC. The van der Waals surface area contributed by atoms with Crippen molar-refractivity contribution in [3.63, 3.8) is 0 Å². The molecule has 0 aliphatic rings. The van der Waals surface area contributed by atoms with E-state index in [0.717, 1.165) is 23.5 Å². The fourth-order valence-electron chi connectivity index (χ4n) is 1.81. The zero-order chi connectivity index (χ0) is 12.8. The maximum Gasteiger partial charge on any atom is 0.140 e. The lowest BCUT2D eigenvalue weighted by atomic mass is 9.93. The van der Waals surface area contributed by atoms with Crippen LogP contribution in [0.5, 0.6) is 11.5 Å². The molecule has 0 N–H and O–H groups in total. The summed E-state index contributed by atoms with van der Waals surface area (Å²) < 4.78 is 10.5. The molecule has 17 heavy (non-hydrogen) atoms. The van der Waals surface area contributed by atoms with E-state index < -0.39 is 0 Å². The lowest BCUT2D eigenvalue weighted by Gasteiger charge is -2.15. The molecular formula is C14H20O3. The van der Waals surface area contributed by atoms with Crippen molar-refractivity contribution in [3.05, 3.63) is 23.8 Å². The van der Waals surface area contributed by atoms with Crippen molar-refractivity contribution in [2.75, 3.05) is 14.2 Å². The number of benzene rings is 1. The van der Waals surface area contributed by atoms with Crippen molar-refractivity contribution in [3.8, 4) is 11.5 Å². The van der Waals surface area contributed by atoms with Crippen molar-refractivity contribution in [2.24, 2.45) is 0 Å². The van der Waals surface area contributed by atoms with Gasteiger partial charge in [-0.2, -0.15) is 0 Å². The molecule has 0 aliphatic heterocycles. The van der Waals surface area contributed by atoms with E-state index in [1.54, 1.807) is 14.2 Å². The van der Waals surface area contributed by atoms with Gasteiger partial charge in [0, 0.05) is 17.9 Å². The molecule has 0 aromatic heterocycles. The van der Waals surface area contributed by atoms with Crippen LogP contribution in [0.1, 0.15) is 38.2 Å². The summed E-state index contributed by atoms with van der Waals surface area (Å²) in [6.45, 7) is 3.92. The summed E-state index contributed by atoms with van der Waals surface area (Å²) in [4.78, 5) is 11.9. The van der Waals surface area contributed by atoms with Crippen LogP contribution in [0.15, 0.2) is 18.2 Å². The largest absolute Gasteiger partial charge is 0.497 e. The monoisotopic (exact) mass is 236 g/mol. The van der Waals surface area contributed by atoms with E-state index in [1.807, 2.05) is 32.0 Å². The molecule has 0 aliphatic carbocycles. The van der Waals surface area contributed by atoms with E-state index in [9.17, 15) is 4.79 Å². The summed E-state index contributed by atoms with van der Waals surface area (Å²) in [7, 11) is 3.23. The number of ketones is 1. The number of carbonyl (C=O) groups excluding carboxylic acids is 1. The first-order valence-corrected chi connectivity index (χ1v) is 5.88. The quantitative estimate of drug-likeness (QED) is 0.761. The fourth-order valence-corrected chi connectivity index (χ4v) is 1.81. The lowest BCUT2D eigenvalue weighted by Crippen LogP contribution is -2.10. The molecular weight excluding hydrogens is 216 g/mol. The minimum Gasteiger partial charge on any atom is -0.497 e. The number of Topliss-reactive ketones (excluding diaryl/α,β-unsaturated/α-hetero) is 1. The van der Waals surface area contributed by atoms with Gasteiger partial charge < -0.3 is 9.47 Å². The van der Waals surface area contributed by atoms with Gasteiger partial charge in [-0.05, 0) is 24.6 Å². The van der Waals surface area contributed by atoms with Crippen molar-refractivity contribution in [1.29, 1.82) is 0 Å². The van der Waals surface area contributed by atoms with Gasteiger partial charge in [-0.1, -0.05) is 13.8 Å². The Balaban J connectivity index is 3.04. The van der Waals surface area contributed by atoms with E-state index in [-0.39, 0.29) is 11.7 Å².